The molecule has 0 saturated carbocycles. The fraction of sp³-hybridized carbons (Fsp3) is 0.667. The first-order valence-corrected chi connectivity index (χ1v) is 6.17. The van der Waals surface area contributed by atoms with Gasteiger partial charge in [0.05, 0.1) is 0 Å². The smallest absolute Gasteiger partial charge is 0.137 e. The van der Waals surface area contributed by atoms with Crippen molar-refractivity contribution in [2.75, 3.05) is 18.0 Å². The summed E-state index contributed by atoms with van der Waals surface area (Å²) in [6.07, 6.45) is 2.85. The molecule has 0 spiro atoms. The van der Waals surface area contributed by atoms with Gasteiger partial charge >= 0.3 is 0 Å². The molecule has 2 unspecified atom stereocenters. The van der Waals surface area contributed by atoms with E-state index < -0.39 is 0 Å². The van der Waals surface area contributed by atoms with Gasteiger partial charge in [-0.25, -0.2) is 9.97 Å². The molecule has 0 aromatic carbocycles. The fourth-order valence-electron chi connectivity index (χ4n) is 2.57. The third-order valence-corrected chi connectivity index (χ3v) is 3.55. The van der Waals surface area contributed by atoms with Gasteiger partial charge in [-0.1, -0.05) is 25.4 Å². The van der Waals surface area contributed by atoms with Crippen LogP contribution in [0.25, 0.3) is 0 Å². The van der Waals surface area contributed by atoms with Gasteiger partial charge in [0, 0.05) is 18.7 Å². The van der Waals surface area contributed by atoms with Gasteiger partial charge in [-0.15, -0.1) is 0 Å². The van der Waals surface area contributed by atoms with Crippen LogP contribution in [0.3, 0.4) is 0 Å². The molecular formula is C12H18ClN3. The first-order valence-electron chi connectivity index (χ1n) is 5.80. The summed E-state index contributed by atoms with van der Waals surface area (Å²) in [4.78, 5) is 10.7. The monoisotopic (exact) mass is 239 g/mol. The van der Waals surface area contributed by atoms with Crippen LogP contribution in [-0.2, 0) is 0 Å². The Morgan fingerprint density at radius 2 is 1.88 bits per heavy atom. The Hall–Kier alpha value is -0.830. The van der Waals surface area contributed by atoms with Crippen molar-refractivity contribution in [1.29, 1.82) is 0 Å². The van der Waals surface area contributed by atoms with Crippen molar-refractivity contribution >= 4 is 17.4 Å². The lowest BCUT2D eigenvalue weighted by atomic mass is 9.92. The number of anilines is 1. The van der Waals surface area contributed by atoms with E-state index in [1.54, 1.807) is 6.33 Å². The predicted molar refractivity (Wildman–Crippen MR) is 66.9 cm³/mol. The molecule has 2 heterocycles. The molecule has 3 nitrogen and oxygen atoms in total. The molecule has 4 heteroatoms. The van der Waals surface area contributed by atoms with Crippen molar-refractivity contribution in [3.8, 4) is 0 Å². The summed E-state index contributed by atoms with van der Waals surface area (Å²) in [7, 11) is 0. The van der Waals surface area contributed by atoms with E-state index in [-0.39, 0.29) is 0 Å². The maximum absolute atomic E-state index is 6.03. The highest BCUT2D eigenvalue weighted by Crippen LogP contribution is 2.28. The topological polar surface area (TPSA) is 29.0 Å². The van der Waals surface area contributed by atoms with Crippen molar-refractivity contribution < 1.29 is 0 Å². The maximum Gasteiger partial charge on any atom is 0.137 e. The second kappa shape index (κ2) is 4.58. The van der Waals surface area contributed by atoms with Crippen LogP contribution in [0.15, 0.2) is 6.33 Å². The van der Waals surface area contributed by atoms with Gasteiger partial charge < -0.3 is 4.90 Å². The summed E-state index contributed by atoms with van der Waals surface area (Å²) in [5.74, 6) is 2.44. The van der Waals surface area contributed by atoms with Crippen molar-refractivity contribution in [3.63, 3.8) is 0 Å². The SMILES string of the molecule is Cc1c(Cl)ncnc1N1CC(C)CC(C)C1. The van der Waals surface area contributed by atoms with Crippen LogP contribution in [0.4, 0.5) is 5.82 Å². The quantitative estimate of drug-likeness (QED) is 0.706. The Morgan fingerprint density at radius 3 is 2.50 bits per heavy atom. The van der Waals surface area contributed by atoms with E-state index in [1.807, 2.05) is 6.92 Å². The van der Waals surface area contributed by atoms with Gasteiger partial charge in [-0.05, 0) is 25.2 Å². The molecule has 1 aliphatic heterocycles. The molecule has 1 aromatic heterocycles. The minimum Gasteiger partial charge on any atom is -0.356 e. The zero-order valence-electron chi connectivity index (χ0n) is 10.1. The second-order valence-corrected chi connectivity index (χ2v) is 5.32. The van der Waals surface area contributed by atoms with Crippen molar-refractivity contribution in [1.82, 2.24) is 9.97 Å². The highest BCUT2D eigenvalue weighted by atomic mass is 35.5. The van der Waals surface area contributed by atoms with Gasteiger partial charge in [0.15, 0.2) is 0 Å². The van der Waals surface area contributed by atoms with Crippen molar-refractivity contribution in [2.45, 2.75) is 27.2 Å². The highest BCUT2D eigenvalue weighted by Gasteiger charge is 2.24. The van der Waals surface area contributed by atoms with Crippen LogP contribution in [0.1, 0.15) is 25.8 Å². The van der Waals surface area contributed by atoms with Crippen LogP contribution in [0, 0.1) is 18.8 Å². The third kappa shape index (κ3) is 2.29. The molecule has 0 N–H and O–H groups in total. The van der Waals surface area contributed by atoms with Crippen LogP contribution in [-0.4, -0.2) is 23.1 Å². The van der Waals surface area contributed by atoms with E-state index in [1.165, 1.54) is 6.42 Å². The molecule has 0 amide bonds. The molecule has 1 saturated heterocycles. The summed E-state index contributed by atoms with van der Waals surface area (Å²) in [6.45, 7) is 8.71. The van der Waals surface area contributed by atoms with Gasteiger partial charge in [0.25, 0.3) is 0 Å². The number of hydrogen-bond donors (Lipinski definition) is 0. The lowest BCUT2D eigenvalue weighted by Gasteiger charge is -2.36. The van der Waals surface area contributed by atoms with E-state index >= 15 is 0 Å². The average molecular weight is 240 g/mol. The minimum absolute atomic E-state index is 0.566. The van der Waals surface area contributed by atoms with E-state index in [0.29, 0.717) is 5.15 Å². The Morgan fingerprint density at radius 1 is 1.25 bits per heavy atom. The highest BCUT2D eigenvalue weighted by molar-refractivity contribution is 6.30. The molecule has 16 heavy (non-hydrogen) atoms. The van der Waals surface area contributed by atoms with Crippen LogP contribution in [0.2, 0.25) is 5.15 Å². The van der Waals surface area contributed by atoms with Gasteiger partial charge in [-0.2, -0.15) is 0 Å². The summed E-state index contributed by atoms with van der Waals surface area (Å²) >= 11 is 6.03. The molecule has 1 fully saturated rings. The van der Waals surface area contributed by atoms with E-state index in [2.05, 4.69) is 28.7 Å². The molecule has 1 aliphatic rings. The molecule has 0 aliphatic carbocycles. The summed E-state index contributed by atoms with van der Waals surface area (Å²) in [5, 5.41) is 0.566. The fourth-order valence-corrected chi connectivity index (χ4v) is 2.70. The van der Waals surface area contributed by atoms with Crippen molar-refractivity contribution in [2.24, 2.45) is 11.8 Å². The summed E-state index contributed by atoms with van der Waals surface area (Å²) in [6, 6.07) is 0. The number of hydrogen-bond acceptors (Lipinski definition) is 3. The number of nitrogens with zero attached hydrogens (tertiary/aromatic N) is 3. The molecule has 88 valence electrons. The Bertz CT molecular complexity index is 371. The number of piperidine rings is 1. The normalized spacial score (nSPS) is 25.9. The largest absolute Gasteiger partial charge is 0.356 e. The summed E-state index contributed by atoms with van der Waals surface area (Å²) < 4.78 is 0. The molecular weight excluding hydrogens is 222 g/mol. The lowest BCUT2D eigenvalue weighted by Crippen LogP contribution is -2.39. The van der Waals surface area contributed by atoms with Crippen LogP contribution in [0.5, 0.6) is 0 Å². The Kier molecular flexibility index (Phi) is 3.33. The van der Waals surface area contributed by atoms with Crippen LogP contribution >= 0.6 is 11.6 Å². The number of halogens is 1. The predicted octanol–water partition coefficient (Wildman–Crippen LogP) is 2.92. The number of rotatable bonds is 1. The second-order valence-electron chi connectivity index (χ2n) is 4.96. The maximum atomic E-state index is 6.03. The molecule has 0 bridgehead atoms. The van der Waals surface area contributed by atoms with E-state index in [9.17, 15) is 0 Å². The molecule has 1 aromatic rings. The van der Waals surface area contributed by atoms with E-state index in [0.717, 1.165) is 36.3 Å². The van der Waals surface area contributed by atoms with E-state index in [4.69, 9.17) is 11.6 Å². The first-order chi connectivity index (χ1) is 7.58. The Balaban J connectivity index is 2.26. The molecule has 0 radical (unpaired) electrons. The number of aromatic nitrogens is 2. The summed E-state index contributed by atoms with van der Waals surface area (Å²) in [5.41, 5.74) is 0.991. The average Bonchev–Trinajstić information content (AvgIpc) is 2.20. The Labute approximate surface area is 102 Å². The minimum atomic E-state index is 0.566. The van der Waals surface area contributed by atoms with Crippen molar-refractivity contribution in [3.05, 3.63) is 17.0 Å². The zero-order valence-corrected chi connectivity index (χ0v) is 10.8. The lowest BCUT2D eigenvalue weighted by molar-refractivity contribution is 0.355. The standard InChI is InChI=1S/C12H18ClN3/c1-8-4-9(2)6-16(5-8)12-10(3)11(13)14-7-15-12/h7-9H,4-6H2,1-3H3. The van der Waals surface area contributed by atoms with Gasteiger partial charge in [0.1, 0.15) is 17.3 Å². The molecule has 2 rings (SSSR count). The van der Waals surface area contributed by atoms with Gasteiger partial charge in [0.2, 0.25) is 0 Å². The zero-order chi connectivity index (χ0) is 11.7. The first kappa shape index (κ1) is 11.6. The molecule has 2 atom stereocenters. The van der Waals surface area contributed by atoms with Crippen LogP contribution < -0.4 is 4.90 Å². The third-order valence-electron chi connectivity index (χ3n) is 3.16. The van der Waals surface area contributed by atoms with Gasteiger partial charge in [-0.3, -0.25) is 0 Å².